The number of rotatable bonds is 5. The summed E-state index contributed by atoms with van der Waals surface area (Å²) < 4.78 is 10.6. The number of hydrogen-bond donors (Lipinski definition) is 1. The van der Waals surface area contributed by atoms with E-state index in [0.29, 0.717) is 36.9 Å². The molecule has 2 fully saturated rings. The fraction of sp³-hybridized carbons (Fsp3) is 0.526. The highest BCUT2D eigenvalue weighted by Gasteiger charge is 2.30. The molecule has 7 heteroatoms. The Kier molecular flexibility index (Phi) is 5.44. The van der Waals surface area contributed by atoms with E-state index in [-0.39, 0.29) is 17.4 Å². The molecular formula is C19H24N2O5. The van der Waals surface area contributed by atoms with Gasteiger partial charge in [0.15, 0.2) is 0 Å². The number of esters is 1. The summed E-state index contributed by atoms with van der Waals surface area (Å²) in [5.74, 6) is -0.0154. The molecule has 1 aromatic carbocycles. The summed E-state index contributed by atoms with van der Waals surface area (Å²) in [4.78, 5) is 38.2. The van der Waals surface area contributed by atoms with Crippen LogP contribution < -0.4 is 10.1 Å². The van der Waals surface area contributed by atoms with Gasteiger partial charge in [-0.15, -0.1) is 0 Å². The van der Waals surface area contributed by atoms with E-state index in [1.54, 1.807) is 19.1 Å². The van der Waals surface area contributed by atoms with Crippen molar-refractivity contribution in [3.05, 3.63) is 29.3 Å². The molecule has 1 saturated heterocycles. The molecule has 0 spiro atoms. The summed E-state index contributed by atoms with van der Waals surface area (Å²) in [5, 5.41) is 2.73. The molecule has 1 aliphatic carbocycles. The van der Waals surface area contributed by atoms with Crippen molar-refractivity contribution < 1.29 is 23.9 Å². The fourth-order valence-corrected chi connectivity index (χ4v) is 3.14. The fourth-order valence-electron chi connectivity index (χ4n) is 3.14. The van der Waals surface area contributed by atoms with E-state index in [2.05, 4.69) is 5.32 Å². The normalized spacial score (nSPS) is 20.2. The van der Waals surface area contributed by atoms with Crippen molar-refractivity contribution in [2.24, 2.45) is 5.92 Å². The molecular weight excluding hydrogens is 336 g/mol. The Morgan fingerprint density at radius 2 is 1.96 bits per heavy atom. The summed E-state index contributed by atoms with van der Waals surface area (Å²) in [6.45, 7) is 3.09. The molecule has 7 nitrogen and oxygen atoms in total. The van der Waals surface area contributed by atoms with Crippen molar-refractivity contribution in [3.8, 4) is 5.75 Å². The summed E-state index contributed by atoms with van der Waals surface area (Å²) in [6, 6.07) is 4.15. The van der Waals surface area contributed by atoms with Gasteiger partial charge in [-0.3, -0.25) is 9.59 Å². The molecule has 0 aromatic heterocycles. The average Bonchev–Trinajstić information content (AvgIpc) is 2.61. The van der Waals surface area contributed by atoms with Gasteiger partial charge in [-0.1, -0.05) is 6.42 Å². The second-order valence-corrected chi connectivity index (χ2v) is 6.81. The van der Waals surface area contributed by atoms with E-state index in [4.69, 9.17) is 9.47 Å². The molecule has 26 heavy (non-hydrogen) atoms. The lowest BCUT2D eigenvalue weighted by Crippen LogP contribution is -2.55. The van der Waals surface area contributed by atoms with Gasteiger partial charge in [-0.2, -0.15) is 0 Å². The number of hydrogen-bond acceptors (Lipinski definition) is 5. The Hall–Kier alpha value is -2.57. The average molecular weight is 360 g/mol. The van der Waals surface area contributed by atoms with Crippen LogP contribution in [-0.2, 0) is 9.53 Å². The minimum absolute atomic E-state index is 0.185. The van der Waals surface area contributed by atoms with Gasteiger partial charge in [0.2, 0.25) is 5.91 Å². The van der Waals surface area contributed by atoms with Gasteiger partial charge in [0.05, 0.1) is 19.3 Å². The van der Waals surface area contributed by atoms with Crippen LogP contribution in [0.1, 0.15) is 46.9 Å². The zero-order valence-electron chi connectivity index (χ0n) is 15.1. The van der Waals surface area contributed by atoms with Crippen LogP contribution in [0, 0.1) is 5.92 Å². The third kappa shape index (κ3) is 3.81. The van der Waals surface area contributed by atoms with Gasteiger partial charge in [0.1, 0.15) is 11.8 Å². The summed E-state index contributed by atoms with van der Waals surface area (Å²) in [5.41, 5.74) is 0.578. The third-order valence-corrected chi connectivity index (χ3v) is 5.04. The van der Waals surface area contributed by atoms with E-state index in [1.165, 1.54) is 24.5 Å². The Balaban J connectivity index is 1.84. The Morgan fingerprint density at radius 1 is 1.23 bits per heavy atom. The number of methoxy groups -OCH3 is 1. The van der Waals surface area contributed by atoms with Crippen LogP contribution in [0.15, 0.2) is 18.2 Å². The molecule has 1 N–H and O–H groups in total. The van der Waals surface area contributed by atoms with Crippen molar-refractivity contribution >= 4 is 17.8 Å². The standard InChI is InChI=1S/C19H24N2O5/c1-12-17(22)20-6-7-21(12)18(23)14-8-15(19(24)25-2)10-16(9-14)26-11-13-4-3-5-13/h8-10,12-13H,3-7,11H2,1-2H3,(H,20,22)/t12-/m1/s1. The first kappa shape index (κ1) is 18.2. The number of nitrogens with one attached hydrogen (secondary N) is 1. The van der Waals surface area contributed by atoms with Crippen LogP contribution >= 0.6 is 0 Å². The van der Waals surface area contributed by atoms with Crippen LogP contribution in [0.3, 0.4) is 0 Å². The monoisotopic (exact) mass is 360 g/mol. The Bertz CT molecular complexity index is 714. The number of piperazine rings is 1. The molecule has 140 valence electrons. The lowest BCUT2D eigenvalue weighted by atomic mass is 9.86. The van der Waals surface area contributed by atoms with Crippen LogP contribution in [-0.4, -0.2) is 55.5 Å². The van der Waals surface area contributed by atoms with Gasteiger partial charge in [0.25, 0.3) is 5.91 Å². The first-order valence-corrected chi connectivity index (χ1v) is 8.94. The highest BCUT2D eigenvalue weighted by atomic mass is 16.5. The number of ether oxygens (including phenoxy) is 2. The molecule has 0 radical (unpaired) electrons. The molecule has 0 unspecified atom stereocenters. The highest BCUT2D eigenvalue weighted by molar-refractivity contribution is 6.00. The van der Waals surface area contributed by atoms with Crippen molar-refractivity contribution in [3.63, 3.8) is 0 Å². The highest BCUT2D eigenvalue weighted by Crippen LogP contribution is 2.28. The summed E-state index contributed by atoms with van der Waals surface area (Å²) >= 11 is 0. The lowest BCUT2D eigenvalue weighted by Gasteiger charge is -2.33. The van der Waals surface area contributed by atoms with Gasteiger partial charge in [-0.25, -0.2) is 4.79 Å². The zero-order chi connectivity index (χ0) is 18.7. The number of benzene rings is 1. The van der Waals surface area contributed by atoms with E-state index in [1.807, 2.05) is 0 Å². The molecule has 1 aromatic rings. The topological polar surface area (TPSA) is 84.9 Å². The third-order valence-electron chi connectivity index (χ3n) is 5.04. The number of carbonyl (C=O) groups excluding carboxylic acids is 3. The largest absolute Gasteiger partial charge is 0.493 e. The number of nitrogens with zero attached hydrogens (tertiary/aromatic N) is 1. The smallest absolute Gasteiger partial charge is 0.338 e. The van der Waals surface area contributed by atoms with E-state index < -0.39 is 12.0 Å². The van der Waals surface area contributed by atoms with E-state index in [9.17, 15) is 14.4 Å². The van der Waals surface area contributed by atoms with Crippen molar-refractivity contribution in [1.29, 1.82) is 0 Å². The Morgan fingerprint density at radius 3 is 2.62 bits per heavy atom. The first-order chi connectivity index (χ1) is 12.5. The predicted molar refractivity (Wildman–Crippen MR) is 94.1 cm³/mol. The SMILES string of the molecule is COC(=O)c1cc(OCC2CCC2)cc(C(=O)N2CCNC(=O)[C@H]2C)c1. The van der Waals surface area contributed by atoms with Crippen molar-refractivity contribution in [2.45, 2.75) is 32.2 Å². The quantitative estimate of drug-likeness (QED) is 0.807. The maximum atomic E-state index is 12.9. The predicted octanol–water partition coefficient (Wildman–Crippen LogP) is 1.61. The van der Waals surface area contributed by atoms with Crippen molar-refractivity contribution in [1.82, 2.24) is 10.2 Å². The number of carbonyl (C=O) groups is 3. The molecule has 1 saturated carbocycles. The van der Waals surface area contributed by atoms with Crippen molar-refractivity contribution in [2.75, 3.05) is 26.8 Å². The van der Waals surface area contributed by atoms with Crippen LogP contribution in [0.5, 0.6) is 5.75 Å². The molecule has 1 atom stereocenters. The van der Waals surface area contributed by atoms with Gasteiger partial charge in [-0.05, 0) is 43.9 Å². The maximum absolute atomic E-state index is 12.9. The number of amides is 2. The summed E-state index contributed by atoms with van der Waals surface area (Å²) in [7, 11) is 1.29. The molecule has 1 heterocycles. The second kappa shape index (κ2) is 7.76. The molecule has 0 bridgehead atoms. The minimum Gasteiger partial charge on any atom is -0.493 e. The molecule has 3 rings (SSSR count). The van der Waals surface area contributed by atoms with Crippen LogP contribution in [0.2, 0.25) is 0 Å². The lowest BCUT2D eigenvalue weighted by molar-refractivity contribution is -0.127. The van der Waals surface area contributed by atoms with Crippen LogP contribution in [0.25, 0.3) is 0 Å². The molecule has 1 aliphatic heterocycles. The minimum atomic E-state index is -0.558. The Labute approximate surface area is 152 Å². The second-order valence-electron chi connectivity index (χ2n) is 6.81. The molecule has 2 amide bonds. The van der Waals surface area contributed by atoms with Gasteiger partial charge < -0.3 is 19.7 Å². The summed E-state index contributed by atoms with van der Waals surface area (Å²) in [6.07, 6.45) is 3.50. The zero-order valence-corrected chi connectivity index (χ0v) is 15.1. The van der Waals surface area contributed by atoms with Gasteiger partial charge in [0, 0.05) is 18.7 Å². The van der Waals surface area contributed by atoms with Gasteiger partial charge >= 0.3 is 5.97 Å². The van der Waals surface area contributed by atoms with E-state index >= 15 is 0 Å². The molecule has 2 aliphatic rings. The first-order valence-electron chi connectivity index (χ1n) is 8.94. The maximum Gasteiger partial charge on any atom is 0.338 e. The van der Waals surface area contributed by atoms with Crippen LogP contribution in [0.4, 0.5) is 0 Å². The van der Waals surface area contributed by atoms with E-state index in [0.717, 1.165) is 12.8 Å².